The lowest BCUT2D eigenvalue weighted by Gasteiger charge is -2.13. The zero-order valence-corrected chi connectivity index (χ0v) is 8.75. The van der Waals surface area contributed by atoms with Crippen LogP contribution in [0.25, 0.3) is 0 Å². The Labute approximate surface area is 84.7 Å². The van der Waals surface area contributed by atoms with Gasteiger partial charge in [0.25, 0.3) is 0 Å². The Hall–Kier alpha value is -1.06. The summed E-state index contributed by atoms with van der Waals surface area (Å²) in [5.74, 6) is 0.355. The normalized spacial score (nSPS) is 12.9. The molecule has 78 valence electrons. The largest absolute Gasteiger partial charge is 0.507 e. The van der Waals surface area contributed by atoms with Gasteiger partial charge in [0.15, 0.2) is 0 Å². The molecule has 0 fully saturated rings. The van der Waals surface area contributed by atoms with Gasteiger partial charge in [0.2, 0.25) is 0 Å². The van der Waals surface area contributed by atoms with E-state index in [-0.39, 0.29) is 6.04 Å². The lowest BCUT2D eigenvalue weighted by atomic mass is 9.99. The second-order valence-electron chi connectivity index (χ2n) is 3.69. The maximum absolute atomic E-state index is 9.58. The van der Waals surface area contributed by atoms with Gasteiger partial charge in [0.1, 0.15) is 5.75 Å². The topological polar surface area (TPSA) is 72.3 Å². The Morgan fingerprint density at radius 3 is 2.21 bits per heavy atom. The third-order valence-corrected chi connectivity index (χ3v) is 2.42. The van der Waals surface area contributed by atoms with Crippen molar-refractivity contribution in [2.45, 2.75) is 26.3 Å². The summed E-state index contributed by atoms with van der Waals surface area (Å²) >= 11 is 0. The van der Waals surface area contributed by atoms with E-state index in [9.17, 15) is 5.11 Å². The van der Waals surface area contributed by atoms with Crippen molar-refractivity contribution < 1.29 is 5.11 Å². The number of phenols is 1. The van der Waals surface area contributed by atoms with Crippen LogP contribution in [0.2, 0.25) is 0 Å². The summed E-state index contributed by atoms with van der Waals surface area (Å²) in [5, 5.41) is 9.58. The van der Waals surface area contributed by atoms with Crippen LogP contribution in [0, 0.1) is 13.8 Å². The number of hydrogen-bond donors (Lipinski definition) is 3. The molecule has 0 amide bonds. The molecule has 0 heterocycles. The summed E-state index contributed by atoms with van der Waals surface area (Å²) in [7, 11) is 0. The van der Waals surface area contributed by atoms with E-state index in [0.29, 0.717) is 12.3 Å². The maximum Gasteiger partial charge on any atom is 0.121 e. The summed E-state index contributed by atoms with van der Waals surface area (Å²) in [6.07, 6.45) is 0.768. The average molecular weight is 194 g/mol. The van der Waals surface area contributed by atoms with E-state index in [2.05, 4.69) is 0 Å². The molecule has 0 aliphatic heterocycles. The van der Waals surface area contributed by atoms with Gasteiger partial charge in [-0.2, -0.15) is 0 Å². The summed E-state index contributed by atoms with van der Waals surface area (Å²) in [6, 6.07) is 3.81. The van der Waals surface area contributed by atoms with E-state index in [1.807, 2.05) is 26.0 Å². The highest BCUT2D eigenvalue weighted by Crippen LogP contribution is 2.26. The quantitative estimate of drug-likeness (QED) is 0.680. The lowest BCUT2D eigenvalue weighted by Crippen LogP contribution is -2.15. The Bertz CT molecular complexity index is 300. The third kappa shape index (κ3) is 2.25. The van der Waals surface area contributed by atoms with Gasteiger partial charge in [0, 0.05) is 6.04 Å². The Kier molecular flexibility index (Phi) is 3.49. The van der Waals surface area contributed by atoms with Gasteiger partial charge in [-0.15, -0.1) is 0 Å². The lowest BCUT2D eigenvalue weighted by molar-refractivity contribution is 0.466. The molecule has 3 nitrogen and oxygen atoms in total. The zero-order chi connectivity index (χ0) is 10.7. The fraction of sp³-hybridized carbons (Fsp3) is 0.455. The predicted octanol–water partition coefficient (Wildman–Crippen LogP) is 1.36. The second-order valence-corrected chi connectivity index (χ2v) is 3.69. The van der Waals surface area contributed by atoms with Crippen LogP contribution >= 0.6 is 0 Å². The van der Waals surface area contributed by atoms with Crippen LogP contribution < -0.4 is 11.5 Å². The Morgan fingerprint density at radius 1 is 1.29 bits per heavy atom. The molecule has 14 heavy (non-hydrogen) atoms. The molecule has 1 atom stereocenters. The summed E-state index contributed by atoms with van der Waals surface area (Å²) in [4.78, 5) is 0. The minimum Gasteiger partial charge on any atom is -0.507 e. The highest BCUT2D eigenvalue weighted by atomic mass is 16.3. The first-order chi connectivity index (χ1) is 6.56. The van der Waals surface area contributed by atoms with E-state index >= 15 is 0 Å². The maximum atomic E-state index is 9.58. The molecule has 0 saturated carbocycles. The second kappa shape index (κ2) is 4.44. The van der Waals surface area contributed by atoms with Gasteiger partial charge in [-0.25, -0.2) is 0 Å². The van der Waals surface area contributed by atoms with Crippen molar-refractivity contribution >= 4 is 0 Å². The minimum absolute atomic E-state index is 0.0296. The van der Waals surface area contributed by atoms with Crippen LogP contribution in [0.15, 0.2) is 12.1 Å². The SMILES string of the molecule is Cc1cc([C@H](N)CCN)cc(C)c1O. The summed E-state index contributed by atoms with van der Waals surface area (Å²) < 4.78 is 0. The molecule has 0 bridgehead atoms. The number of phenolic OH excluding ortho intramolecular Hbond substituents is 1. The van der Waals surface area contributed by atoms with E-state index < -0.39 is 0 Å². The monoisotopic (exact) mass is 194 g/mol. The number of aryl methyl sites for hydroxylation is 2. The third-order valence-electron chi connectivity index (χ3n) is 2.42. The molecule has 1 aromatic carbocycles. The van der Waals surface area contributed by atoms with Gasteiger partial charge >= 0.3 is 0 Å². The van der Waals surface area contributed by atoms with Crippen molar-refractivity contribution in [3.05, 3.63) is 28.8 Å². The molecule has 0 unspecified atom stereocenters. The van der Waals surface area contributed by atoms with Gasteiger partial charge in [-0.1, -0.05) is 12.1 Å². The number of benzene rings is 1. The molecule has 3 heteroatoms. The van der Waals surface area contributed by atoms with Gasteiger partial charge in [0.05, 0.1) is 0 Å². The van der Waals surface area contributed by atoms with Gasteiger partial charge in [-0.3, -0.25) is 0 Å². The van der Waals surface area contributed by atoms with Gasteiger partial charge < -0.3 is 16.6 Å². The molecule has 1 rings (SSSR count). The van der Waals surface area contributed by atoms with Crippen LogP contribution in [0.1, 0.15) is 29.2 Å². The van der Waals surface area contributed by atoms with Gasteiger partial charge in [-0.05, 0) is 43.5 Å². The molecule has 0 saturated heterocycles. The van der Waals surface area contributed by atoms with Crippen molar-refractivity contribution in [3.63, 3.8) is 0 Å². The summed E-state index contributed by atoms with van der Waals surface area (Å²) in [6.45, 7) is 4.34. The highest BCUT2D eigenvalue weighted by Gasteiger charge is 2.08. The minimum atomic E-state index is -0.0296. The molecule has 1 aromatic rings. The standard InChI is InChI=1S/C11H18N2O/c1-7-5-9(10(13)3-4-12)6-8(2)11(7)14/h5-6,10,14H,3-4,12-13H2,1-2H3/t10-/m1/s1. The molecule has 0 radical (unpaired) electrons. The molecule has 0 spiro atoms. The van der Waals surface area contributed by atoms with E-state index in [1.165, 1.54) is 0 Å². The van der Waals surface area contributed by atoms with Crippen LogP contribution in [0.4, 0.5) is 0 Å². The smallest absolute Gasteiger partial charge is 0.121 e. The first-order valence-corrected chi connectivity index (χ1v) is 4.82. The van der Waals surface area contributed by atoms with Crippen molar-refractivity contribution in [2.24, 2.45) is 11.5 Å². The first kappa shape index (κ1) is 11.0. The van der Waals surface area contributed by atoms with E-state index in [0.717, 1.165) is 23.1 Å². The van der Waals surface area contributed by atoms with Crippen LogP contribution in [0.5, 0.6) is 5.75 Å². The van der Waals surface area contributed by atoms with Crippen molar-refractivity contribution in [3.8, 4) is 5.75 Å². The van der Waals surface area contributed by atoms with Crippen molar-refractivity contribution in [1.29, 1.82) is 0 Å². The van der Waals surface area contributed by atoms with Crippen LogP contribution in [-0.2, 0) is 0 Å². The predicted molar refractivity (Wildman–Crippen MR) is 58.2 cm³/mol. The Morgan fingerprint density at radius 2 is 1.79 bits per heavy atom. The molecule has 5 N–H and O–H groups in total. The zero-order valence-electron chi connectivity index (χ0n) is 8.75. The van der Waals surface area contributed by atoms with E-state index in [4.69, 9.17) is 11.5 Å². The molecule has 0 aliphatic carbocycles. The number of rotatable bonds is 3. The highest BCUT2D eigenvalue weighted by molar-refractivity contribution is 5.43. The summed E-state index contributed by atoms with van der Waals surface area (Å²) in [5.41, 5.74) is 14.2. The number of hydrogen-bond acceptors (Lipinski definition) is 3. The van der Waals surface area contributed by atoms with Crippen LogP contribution in [-0.4, -0.2) is 11.7 Å². The number of aromatic hydroxyl groups is 1. The molecular weight excluding hydrogens is 176 g/mol. The fourth-order valence-electron chi connectivity index (χ4n) is 1.55. The first-order valence-electron chi connectivity index (χ1n) is 4.82. The number of nitrogens with two attached hydrogens (primary N) is 2. The van der Waals surface area contributed by atoms with Crippen LogP contribution in [0.3, 0.4) is 0 Å². The molecule has 0 aromatic heterocycles. The Balaban J connectivity index is 3.00. The average Bonchev–Trinajstić information content (AvgIpc) is 2.13. The van der Waals surface area contributed by atoms with Crippen molar-refractivity contribution in [1.82, 2.24) is 0 Å². The fourth-order valence-corrected chi connectivity index (χ4v) is 1.55. The molecule has 0 aliphatic rings. The van der Waals surface area contributed by atoms with E-state index in [1.54, 1.807) is 0 Å². The van der Waals surface area contributed by atoms with Crippen molar-refractivity contribution in [2.75, 3.05) is 6.54 Å². The molecular formula is C11H18N2O.